The Bertz CT molecular complexity index is 2770. The van der Waals surface area contributed by atoms with Gasteiger partial charge >= 0.3 is 0 Å². The van der Waals surface area contributed by atoms with Crippen molar-refractivity contribution in [2.24, 2.45) is 0 Å². The van der Waals surface area contributed by atoms with Gasteiger partial charge < -0.3 is 34.0 Å². The van der Waals surface area contributed by atoms with Gasteiger partial charge in [0.25, 0.3) is 0 Å². The molecule has 11 nitrogen and oxygen atoms in total. The van der Waals surface area contributed by atoms with Crippen molar-refractivity contribution in [3.63, 3.8) is 0 Å². The average molecular weight is 813 g/mol. The highest BCUT2D eigenvalue weighted by Crippen LogP contribution is 2.38. The van der Waals surface area contributed by atoms with Crippen molar-refractivity contribution < 1.29 is 14.2 Å². The molecule has 2 N–H and O–H groups in total. The highest BCUT2D eigenvalue weighted by atomic mass is 16.5. The van der Waals surface area contributed by atoms with Gasteiger partial charge in [-0.25, -0.2) is 19.9 Å². The first-order chi connectivity index (χ1) is 29.9. The maximum absolute atomic E-state index is 5.53. The molecule has 0 bridgehead atoms. The van der Waals surface area contributed by atoms with E-state index in [0.717, 1.165) is 120 Å². The first-order valence-electron chi connectivity index (χ1n) is 21.2. The van der Waals surface area contributed by atoms with E-state index in [1.807, 2.05) is 12.1 Å². The Balaban J connectivity index is 0.000000156. The Morgan fingerprint density at radius 3 is 1.46 bits per heavy atom. The third-order valence-electron chi connectivity index (χ3n) is 11.6. The van der Waals surface area contributed by atoms with E-state index in [4.69, 9.17) is 19.2 Å². The van der Waals surface area contributed by atoms with Gasteiger partial charge in [-0.1, -0.05) is 66.2 Å². The van der Waals surface area contributed by atoms with Crippen molar-refractivity contribution in [2.45, 2.75) is 58.5 Å². The van der Waals surface area contributed by atoms with Crippen molar-refractivity contribution in [3.05, 3.63) is 139 Å². The summed E-state index contributed by atoms with van der Waals surface area (Å²) in [6.45, 7) is 9.49. The number of methoxy groups -OCH3 is 1. The minimum atomic E-state index is 0.345. The predicted octanol–water partition coefficient (Wildman–Crippen LogP) is 10.3. The molecule has 310 valence electrons. The van der Waals surface area contributed by atoms with Gasteiger partial charge in [-0.2, -0.15) is 0 Å². The first kappa shape index (κ1) is 39.9. The molecule has 2 aliphatic rings. The molecule has 10 rings (SSSR count). The van der Waals surface area contributed by atoms with Gasteiger partial charge in [-0.05, 0) is 105 Å². The summed E-state index contributed by atoms with van der Waals surface area (Å²) in [5, 5.41) is 9.44. The third kappa shape index (κ3) is 8.71. The number of nitrogens with one attached hydrogen (secondary N) is 2. The lowest BCUT2D eigenvalue weighted by atomic mass is 10.0. The molecule has 2 aliphatic heterocycles. The summed E-state index contributed by atoms with van der Waals surface area (Å²) < 4.78 is 20.7. The average Bonchev–Trinajstić information content (AvgIpc) is 3.89. The van der Waals surface area contributed by atoms with Crippen molar-refractivity contribution in [2.75, 3.05) is 44.2 Å². The number of benzene rings is 4. The van der Waals surface area contributed by atoms with Gasteiger partial charge in [-0.15, -0.1) is 0 Å². The van der Waals surface area contributed by atoms with Crippen molar-refractivity contribution in [1.82, 2.24) is 29.1 Å². The second-order valence-corrected chi connectivity index (χ2v) is 16.0. The van der Waals surface area contributed by atoms with Crippen molar-refractivity contribution in [1.29, 1.82) is 0 Å². The van der Waals surface area contributed by atoms with Crippen LogP contribution in [0.3, 0.4) is 0 Å². The van der Waals surface area contributed by atoms with Crippen LogP contribution in [0, 0.1) is 20.8 Å². The van der Waals surface area contributed by atoms with E-state index in [0.29, 0.717) is 12.1 Å². The normalized spacial score (nSPS) is 14.8. The number of anilines is 2. The topological polar surface area (TPSA) is 113 Å². The van der Waals surface area contributed by atoms with Crippen molar-refractivity contribution in [3.8, 4) is 39.4 Å². The molecule has 0 aliphatic carbocycles. The summed E-state index contributed by atoms with van der Waals surface area (Å²) in [5.41, 5.74) is 12.2. The lowest BCUT2D eigenvalue weighted by Gasteiger charge is -2.24. The van der Waals surface area contributed by atoms with Crippen LogP contribution in [0.15, 0.2) is 122 Å². The molecule has 0 unspecified atom stereocenters. The molecule has 4 aromatic heterocycles. The molecule has 0 saturated carbocycles. The number of hydrogen-bond acceptors (Lipinski definition) is 9. The lowest BCUT2D eigenvalue weighted by molar-refractivity contribution is 0.0903. The van der Waals surface area contributed by atoms with Crippen LogP contribution in [0.4, 0.5) is 11.6 Å². The van der Waals surface area contributed by atoms with Crippen LogP contribution in [0.1, 0.15) is 42.4 Å². The van der Waals surface area contributed by atoms with E-state index in [1.165, 1.54) is 22.3 Å². The largest absolute Gasteiger partial charge is 0.497 e. The number of aromatic nitrogens is 6. The first-order valence-corrected chi connectivity index (χ1v) is 21.2. The van der Waals surface area contributed by atoms with Gasteiger partial charge in [0.05, 0.1) is 17.9 Å². The number of fused-ring (bicyclic) bond motifs is 2. The van der Waals surface area contributed by atoms with E-state index in [-0.39, 0.29) is 0 Å². The maximum atomic E-state index is 5.53. The summed E-state index contributed by atoms with van der Waals surface area (Å²) in [6.07, 6.45) is 11.6. The zero-order valence-corrected chi connectivity index (χ0v) is 35.3. The molecule has 0 atom stereocenters. The van der Waals surface area contributed by atoms with Gasteiger partial charge in [-0.3, -0.25) is 0 Å². The Morgan fingerprint density at radius 1 is 0.541 bits per heavy atom. The minimum absolute atomic E-state index is 0.345. The van der Waals surface area contributed by atoms with Crippen LogP contribution in [0.25, 0.3) is 55.7 Å². The monoisotopic (exact) mass is 812 g/mol. The van der Waals surface area contributed by atoms with Gasteiger partial charge in [0, 0.05) is 73.4 Å². The highest BCUT2D eigenvalue weighted by molar-refractivity contribution is 6.03. The SMILES string of the molecule is COc1ccc(-c2cn(-c3cccc(C)c3)c3ncnc(NC4CCOCC4)c23)cc1.Cc1cccc(-c2cn(-c3cccc(C)c3)c3ncnc(NC4CCOCC4)c23)c1. The Hall–Kier alpha value is -6.56. The molecule has 0 radical (unpaired) electrons. The van der Waals surface area contributed by atoms with E-state index in [9.17, 15) is 0 Å². The smallest absolute Gasteiger partial charge is 0.150 e. The molecular weight excluding hydrogens is 761 g/mol. The Morgan fingerprint density at radius 2 is 1.00 bits per heavy atom. The predicted molar refractivity (Wildman–Crippen MR) is 244 cm³/mol. The van der Waals surface area contributed by atoms with E-state index in [1.54, 1.807) is 19.8 Å². The van der Waals surface area contributed by atoms with Crippen LogP contribution in [-0.2, 0) is 9.47 Å². The lowest BCUT2D eigenvalue weighted by Crippen LogP contribution is -2.28. The standard InChI is InChI=1S/C25H26N4O2.C25H26N4O/c1-17-4-3-5-20(14-17)29-15-22(18-6-8-21(30-2)9-7-18)23-24(26-16-27-25(23)29)28-19-10-12-31-13-11-19;1-17-5-3-7-19(13-17)22-15-29(21-8-4-6-18(2)14-21)25-23(22)24(26-16-27-25)28-20-9-11-30-12-10-20/h3-9,14-16,19H,10-13H2,1-2H3,(H,26,27,28);3-8,13-16,20H,9-12H2,1-2H3,(H,26,27,28). The summed E-state index contributed by atoms with van der Waals surface area (Å²) in [7, 11) is 1.68. The maximum Gasteiger partial charge on any atom is 0.150 e. The quantitative estimate of drug-likeness (QED) is 0.147. The van der Waals surface area contributed by atoms with Crippen LogP contribution < -0.4 is 15.4 Å². The molecule has 61 heavy (non-hydrogen) atoms. The Labute approximate surface area is 356 Å². The minimum Gasteiger partial charge on any atom is -0.497 e. The van der Waals surface area contributed by atoms with Gasteiger partial charge in [0.15, 0.2) is 11.3 Å². The third-order valence-corrected chi connectivity index (χ3v) is 11.6. The molecule has 11 heteroatoms. The van der Waals surface area contributed by atoms with E-state index >= 15 is 0 Å². The Kier molecular flexibility index (Phi) is 11.7. The molecule has 2 fully saturated rings. The van der Waals surface area contributed by atoms with Crippen LogP contribution in [-0.4, -0.2) is 74.7 Å². The number of aryl methyl sites for hydroxylation is 3. The summed E-state index contributed by atoms with van der Waals surface area (Å²) >= 11 is 0. The van der Waals surface area contributed by atoms with E-state index in [2.05, 4.69) is 153 Å². The molecular formula is C50H52N8O3. The molecule has 0 amide bonds. The van der Waals surface area contributed by atoms with Crippen LogP contribution in [0.2, 0.25) is 0 Å². The number of nitrogens with zero attached hydrogens (tertiary/aromatic N) is 6. The second kappa shape index (κ2) is 18.0. The van der Waals surface area contributed by atoms with Crippen molar-refractivity contribution >= 4 is 33.7 Å². The number of ether oxygens (including phenoxy) is 3. The molecule has 2 saturated heterocycles. The fourth-order valence-corrected chi connectivity index (χ4v) is 8.38. The number of rotatable bonds is 9. The molecule has 6 heterocycles. The molecule has 0 spiro atoms. The molecule has 8 aromatic rings. The summed E-state index contributed by atoms with van der Waals surface area (Å²) in [6, 6.07) is 34.4. The second-order valence-electron chi connectivity index (χ2n) is 16.0. The van der Waals surface area contributed by atoms with Crippen LogP contribution >= 0.6 is 0 Å². The zero-order chi connectivity index (χ0) is 41.7. The van der Waals surface area contributed by atoms with E-state index < -0.39 is 0 Å². The molecule has 4 aromatic carbocycles. The fraction of sp³-hybridized carbons (Fsp3) is 0.280. The highest BCUT2D eigenvalue weighted by Gasteiger charge is 2.23. The van der Waals surface area contributed by atoms with Gasteiger partial charge in [0.1, 0.15) is 30.0 Å². The summed E-state index contributed by atoms with van der Waals surface area (Å²) in [4.78, 5) is 18.7. The summed E-state index contributed by atoms with van der Waals surface area (Å²) in [5.74, 6) is 2.60. The zero-order valence-electron chi connectivity index (χ0n) is 35.3. The number of hydrogen-bond donors (Lipinski definition) is 2. The van der Waals surface area contributed by atoms with Gasteiger partial charge in [0.2, 0.25) is 0 Å². The van der Waals surface area contributed by atoms with Crippen LogP contribution in [0.5, 0.6) is 5.75 Å². The fourth-order valence-electron chi connectivity index (χ4n) is 8.38.